The van der Waals surface area contributed by atoms with Gasteiger partial charge < -0.3 is 5.73 Å². The maximum absolute atomic E-state index is 14.3. The van der Waals surface area contributed by atoms with Gasteiger partial charge in [0, 0.05) is 18.2 Å². The lowest BCUT2D eigenvalue weighted by Gasteiger charge is -2.13. The molecule has 1 aromatic heterocycles. The average Bonchev–Trinajstić information content (AvgIpc) is 2.95. The Morgan fingerprint density at radius 1 is 1.07 bits per heavy atom. The molecule has 3 aromatic rings. The lowest BCUT2D eigenvalue weighted by atomic mass is 9.94. The Morgan fingerprint density at radius 3 is 2.41 bits per heavy atom. The second-order valence-electron chi connectivity index (χ2n) is 5.69. The molecule has 0 spiro atoms. The highest BCUT2D eigenvalue weighted by atomic mass is 19.3. The SMILES string of the molecule is Cn1nc(C(F)F)c(C(N)=O)c1-c1cc(F)ccc1-c1cccc(F)c1F. The second kappa shape index (κ2) is 6.82. The largest absolute Gasteiger partial charge is 0.365 e. The lowest BCUT2D eigenvalue weighted by molar-refractivity contribution is 0.0985. The van der Waals surface area contributed by atoms with E-state index in [1.807, 2.05) is 0 Å². The monoisotopic (exact) mass is 381 g/mol. The molecule has 9 heteroatoms. The number of amides is 1. The summed E-state index contributed by atoms with van der Waals surface area (Å²) < 4.78 is 69.2. The number of benzene rings is 2. The van der Waals surface area contributed by atoms with Crippen molar-refractivity contribution in [3.8, 4) is 22.4 Å². The molecule has 0 bridgehead atoms. The molecule has 0 saturated carbocycles. The number of nitrogens with two attached hydrogens (primary N) is 1. The fourth-order valence-electron chi connectivity index (χ4n) is 2.91. The molecule has 0 saturated heterocycles. The van der Waals surface area contributed by atoms with E-state index in [0.29, 0.717) is 0 Å². The van der Waals surface area contributed by atoms with Crippen molar-refractivity contribution < 1.29 is 26.7 Å². The third-order valence-corrected chi connectivity index (χ3v) is 4.01. The molecule has 0 aliphatic carbocycles. The quantitative estimate of drug-likeness (QED) is 0.689. The number of carbonyl (C=O) groups is 1. The van der Waals surface area contributed by atoms with Gasteiger partial charge in [0.2, 0.25) is 0 Å². The van der Waals surface area contributed by atoms with Crippen LogP contribution >= 0.6 is 0 Å². The molecule has 1 amide bonds. The summed E-state index contributed by atoms with van der Waals surface area (Å²) in [6, 6.07) is 6.45. The van der Waals surface area contributed by atoms with Gasteiger partial charge in [-0.1, -0.05) is 18.2 Å². The number of halogens is 5. The van der Waals surface area contributed by atoms with E-state index in [-0.39, 0.29) is 22.4 Å². The van der Waals surface area contributed by atoms with E-state index in [9.17, 15) is 26.7 Å². The number of aromatic nitrogens is 2. The molecule has 140 valence electrons. The molecule has 3 rings (SSSR count). The van der Waals surface area contributed by atoms with Crippen molar-refractivity contribution in [2.45, 2.75) is 6.43 Å². The molecular weight excluding hydrogens is 369 g/mol. The minimum Gasteiger partial charge on any atom is -0.365 e. The minimum absolute atomic E-state index is 0.0142. The summed E-state index contributed by atoms with van der Waals surface area (Å²) in [7, 11) is 1.25. The maximum Gasteiger partial charge on any atom is 0.282 e. The first-order chi connectivity index (χ1) is 12.7. The van der Waals surface area contributed by atoms with Gasteiger partial charge >= 0.3 is 0 Å². The van der Waals surface area contributed by atoms with Crippen LogP contribution in [0.4, 0.5) is 22.0 Å². The maximum atomic E-state index is 14.3. The summed E-state index contributed by atoms with van der Waals surface area (Å²) in [4.78, 5) is 11.8. The van der Waals surface area contributed by atoms with Crippen molar-refractivity contribution in [1.29, 1.82) is 0 Å². The van der Waals surface area contributed by atoms with E-state index in [0.717, 1.165) is 28.9 Å². The molecule has 1 heterocycles. The number of primary amides is 1. The second-order valence-corrected chi connectivity index (χ2v) is 5.69. The van der Waals surface area contributed by atoms with Crippen LogP contribution in [-0.2, 0) is 7.05 Å². The zero-order valence-electron chi connectivity index (χ0n) is 13.8. The van der Waals surface area contributed by atoms with Gasteiger partial charge in [0.05, 0.1) is 11.3 Å². The number of hydrogen-bond acceptors (Lipinski definition) is 2. The Balaban J connectivity index is 2.39. The van der Waals surface area contributed by atoms with Crippen LogP contribution in [0.1, 0.15) is 22.5 Å². The van der Waals surface area contributed by atoms with E-state index < -0.39 is 41.0 Å². The topological polar surface area (TPSA) is 60.9 Å². The molecule has 4 nitrogen and oxygen atoms in total. The summed E-state index contributed by atoms with van der Waals surface area (Å²) in [5.41, 5.74) is 3.13. The molecular formula is C18H12F5N3O. The third kappa shape index (κ3) is 3.16. The highest BCUT2D eigenvalue weighted by molar-refractivity contribution is 6.02. The Hall–Kier alpha value is -3.23. The fourth-order valence-corrected chi connectivity index (χ4v) is 2.91. The number of carbonyl (C=O) groups excluding carboxylic acids is 1. The number of nitrogens with zero attached hydrogens (tertiary/aromatic N) is 2. The summed E-state index contributed by atoms with van der Waals surface area (Å²) in [5.74, 6) is -4.33. The van der Waals surface area contributed by atoms with Crippen molar-refractivity contribution in [1.82, 2.24) is 9.78 Å². The first kappa shape index (κ1) is 18.6. The Bertz CT molecular complexity index is 1050. The van der Waals surface area contributed by atoms with Crippen molar-refractivity contribution in [3.63, 3.8) is 0 Å². The Morgan fingerprint density at radius 2 is 1.78 bits per heavy atom. The highest BCUT2D eigenvalue weighted by Gasteiger charge is 2.29. The van der Waals surface area contributed by atoms with E-state index in [1.165, 1.54) is 19.2 Å². The van der Waals surface area contributed by atoms with Crippen LogP contribution in [0.25, 0.3) is 22.4 Å². The molecule has 0 atom stereocenters. The minimum atomic E-state index is -3.12. The van der Waals surface area contributed by atoms with Crippen LogP contribution in [0.5, 0.6) is 0 Å². The number of aryl methyl sites for hydroxylation is 1. The Labute approximate surface area is 150 Å². The zero-order valence-corrected chi connectivity index (χ0v) is 13.8. The van der Waals surface area contributed by atoms with E-state index >= 15 is 0 Å². The summed E-state index contributed by atoms with van der Waals surface area (Å²) in [5, 5.41) is 3.59. The van der Waals surface area contributed by atoms with Gasteiger partial charge in [-0.25, -0.2) is 22.0 Å². The van der Waals surface area contributed by atoms with Crippen LogP contribution in [0.3, 0.4) is 0 Å². The molecule has 0 radical (unpaired) electrons. The fraction of sp³-hybridized carbons (Fsp3) is 0.111. The van der Waals surface area contributed by atoms with Gasteiger partial charge in [-0.15, -0.1) is 0 Å². The first-order valence-corrected chi connectivity index (χ1v) is 7.61. The lowest BCUT2D eigenvalue weighted by Crippen LogP contribution is -2.14. The summed E-state index contributed by atoms with van der Waals surface area (Å²) in [6.45, 7) is 0. The molecule has 2 aromatic carbocycles. The number of rotatable bonds is 4. The van der Waals surface area contributed by atoms with E-state index in [2.05, 4.69) is 5.10 Å². The highest BCUT2D eigenvalue weighted by Crippen LogP contribution is 2.38. The molecule has 2 N–H and O–H groups in total. The van der Waals surface area contributed by atoms with Crippen molar-refractivity contribution in [2.75, 3.05) is 0 Å². The molecule has 0 unspecified atom stereocenters. The van der Waals surface area contributed by atoms with Gasteiger partial charge in [0.1, 0.15) is 11.5 Å². The predicted molar refractivity (Wildman–Crippen MR) is 87.4 cm³/mol. The number of alkyl halides is 2. The normalized spacial score (nSPS) is 11.2. The van der Waals surface area contributed by atoms with Gasteiger partial charge in [-0.05, 0) is 23.8 Å². The predicted octanol–water partition coefficient (Wildman–Crippen LogP) is 4.21. The Kier molecular flexibility index (Phi) is 4.69. The van der Waals surface area contributed by atoms with Gasteiger partial charge in [-0.2, -0.15) is 5.10 Å². The molecule has 0 aliphatic rings. The van der Waals surface area contributed by atoms with Gasteiger partial charge in [-0.3, -0.25) is 9.48 Å². The van der Waals surface area contributed by atoms with Crippen LogP contribution in [0.2, 0.25) is 0 Å². The van der Waals surface area contributed by atoms with Crippen LogP contribution in [0.15, 0.2) is 36.4 Å². The van der Waals surface area contributed by atoms with Gasteiger partial charge in [0.25, 0.3) is 12.3 Å². The standard InChI is InChI=1S/C18H12F5N3O/c1-26-16(13(18(24)27)15(25-26)17(22)23)11-7-8(19)5-6-9(11)10-3-2-4-12(20)14(10)21/h2-7,17H,1H3,(H2,24,27). The van der Waals surface area contributed by atoms with Gasteiger partial charge in [0.15, 0.2) is 11.6 Å². The van der Waals surface area contributed by atoms with E-state index in [1.54, 1.807) is 0 Å². The van der Waals surface area contributed by atoms with Crippen LogP contribution in [-0.4, -0.2) is 15.7 Å². The smallest absolute Gasteiger partial charge is 0.282 e. The first-order valence-electron chi connectivity index (χ1n) is 7.61. The molecule has 27 heavy (non-hydrogen) atoms. The van der Waals surface area contributed by atoms with Crippen molar-refractivity contribution in [2.24, 2.45) is 12.8 Å². The third-order valence-electron chi connectivity index (χ3n) is 4.01. The zero-order chi connectivity index (χ0) is 19.9. The summed E-state index contributed by atoms with van der Waals surface area (Å²) >= 11 is 0. The molecule has 0 aliphatic heterocycles. The van der Waals surface area contributed by atoms with E-state index in [4.69, 9.17) is 5.73 Å². The van der Waals surface area contributed by atoms with Crippen LogP contribution < -0.4 is 5.73 Å². The van der Waals surface area contributed by atoms with Crippen molar-refractivity contribution in [3.05, 3.63) is 65.1 Å². The average molecular weight is 381 g/mol. The molecule has 0 fully saturated rings. The number of hydrogen-bond donors (Lipinski definition) is 1. The van der Waals surface area contributed by atoms with Crippen LogP contribution in [0, 0.1) is 17.5 Å². The van der Waals surface area contributed by atoms with Crippen molar-refractivity contribution >= 4 is 5.91 Å². The summed E-state index contributed by atoms with van der Waals surface area (Å²) in [6.07, 6.45) is -3.12.